The topological polar surface area (TPSA) is 8.17 Å². The van der Waals surface area contributed by atoms with Gasteiger partial charge >= 0.3 is 0 Å². The summed E-state index contributed by atoms with van der Waals surface area (Å²) in [7, 11) is 0. The Labute approximate surface area is 350 Å². The Balaban J connectivity index is 1.14. The number of aromatic nitrogens is 1. The summed E-state index contributed by atoms with van der Waals surface area (Å²) in [4.78, 5) is 2.43. The van der Waals surface area contributed by atoms with E-state index in [1.807, 2.05) is 0 Å². The first-order chi connectivity index (χ1) is 29.8. The van der Waals surface area contributed by atoms with E-state index in [1.165, 1.54) is 71.5 Å². The van der Waals surface area contributed by atoms with Crippen molar-refractivity contribution in [1.82, 2.24) is 4.57 Å². The Hall–Kier alpha value is -7.94. The monoisotopic (exact) mass is 764 g/mol. The highest BCUT2D eigenvalue weighted by Crippen LogP contribution is 2.46. The first-order valence-corrected chi connectivity index (χ1v) is 20.6. The highest BCUT2D eigenvalue weighted by molar-refractivity contribution is 6.09. The fraction of sp³-hybridized carbons (Fsp3) is 0. The lowest BCUT2D eigenvalue weighted by molar-refractivity contribution is 1.17. The molecule has 11 aromatic rings. The van der Waals surface area contributed by atoms with E-state index < -0.39 is 0 Å². The summed E-state index contributed by atoms with van der Waals surface area (Å²) in [5.41, 5.74) is 16.3. The molecular formula is C58H40N2. The molecule has 0 aliphatic heterocycles. The summed E-state index contributed by atoms with van der Waals surface area (Å²) in [5, 5.41) is 4.89. The maximum Gasteiger partial charge on any atom is 0.0541 e. The molecule has 282 valence electrons. The van der Waals surface area contributed by atoms with Crippen molar-refractivity contribution in [2.75, 3.05) is 4.90 Å². The van der Waals surface area contributed by atoms with Crippen LogP contribution in [-0.4, -0.2) is 4.57 Å². The predicted molar refractivity (Wildman–Crippen MR) is 255 cm³/mol. The van der Waals surface area contributed by atoms with Crippen LogP contribution < -0.4 is 4.90 Å². The molecular weight excluding hydrogens is 725 g/mol. The van der Waals surface area contributed by atoms with Crippen molar-refractivity contribution in [3.63, 3.8) is 0 Å². The molecule has 0 saturated carbocycles. The van der Waals surface area contributed by atoms with E-state index in [1.54, 1.807) is 0 Å². The lowest BCUT2D eigenvalue weighted by Gasteiger charge is -2.28. The van der Waals surface area contributed by atoms with Gasteiger partial charge in [0.15, 0.2) is 0 Å². The number of para-hydroxylation sites is 2. The first-order valence-electron chi connectivity index (χ1n) is 20.6. The van der Waals surface area contributed by atoms with E-state index in [-0.39, 0.29) is 0 Å². The van der Waals surface area contributed by atoms with Gasteiger partial charge < -0.3 is 9.47 Å². The van der Waals surface area contributed by atoms with Gasteiger partial charge in [0.05, 0.1) is 16.7 Å². The molecule has 0 atom stereocenters. The van der Waals surface area contributed by atoms with Gasteiger partial charge in [-0.2, -0.15) is 0 Å². The molecule has 2 nitrogen and oxygen atoms in total. The van der Waals surface area contributed by atoms with Crippen molar-refractivity contribution in [2.24, 2.45) is 0 Å². The number of nitrogens with zero attached hydrogens (tertiary/aromatic N) is 2. The highest BCUT2D eigenvalue weighted by atomic mass is 15.1. The number of hydrogen-bond donors (Lipinski definition) is 0. The van der Waals surface area contributed by atoms with Gasteiger partial charge in [-0.15, -0.1) is 0 Å². The molecule has 2 heteroatoms. The van der Waals surface area contributed by atoms with Crippen LogP contribution in [0.1, 0.15) is 0 Å². The number of anilines is 3. The van der Waals surface area contributed by atoms with Gasteiger partial charge in [0, 0.05) is 33.2 Å². The van der Waals surface area contributed by atoms with E-state index in [4.69, 9.17) is 0 Å². The molecule has 1 aromatic heterocycles. The van der Waals surface area contributed by atoms with Crippen LogP contribution in [0.15, 0.2) is 243 Å². The number of fused-ring (bicyclic) bond motifs is 4. The standard InChI is InChI=1S/C58H40N2/c1-3-19-41(20-4-1)48-29-9-10-33-54(48)58-50(43-21-5-2-6-22-43)34-18-35-51(58)44-25-15-26-45(39-44)59(55-38-16-24-42-23-7-8-30-49(42)55)46-27-17-28-47(40-46)60-56-36-13-11-31-52(56)53-32-12-14-37-57(53)60/h1-40H. The SMILES string of the molecule is c1ccc(-c2ccccc2-c2c(-c3ccccc3)cccc2-c2cccc(N(c3cccc(-n4c5ccccc5c5ccccc54)c3)c3cccc4ccccc34)c2)cc1. The largest absolute Gasteiger partial charge is 0.310 e. The van der Waals surface area contributed by atoms with Crippen LogP contribution in [0.2, 0.25) is 0 Å². The average Bonchev–Trinajstić information content (AvgIpc) is 3.67. The second-order valence-electron chi connectivity index (χ2n) is 15.3. The molecule has 11 rings (SSSR count). The molecule has 0 N–H and O–H groups in total. The molecule has 0 saturated heterocycles. The fourth-order valence-corrected chi connectivity index (χ4v) is 9.13. The van der Waals surface area contributed by atoms with Crippen LogP contribution in [0.3, 0.4) is 0 Å². The van der Waals surface area contributed by atoms with E-state index in [0.717, 1.165) is 28.3 Å². The summed E-state index contributed by atoms with van der Waals surface area (Å²) in [6.07, 6.45) is 0. The van der Waals surface area contributed by atoms with Crippen LogP contribution in [-0.2, 0) is 0 Å². The molecule has 0 unspecified atom stereocenters. The van der Waals surface area contributed by atoms with Gasteiger partial charge in [-0.05, 0) is 98.4 Å². The van der Waals surface area contributed by atoms with Crippen LogP contribution in [0.5, 0.6) is 0 Å². The number of benzene rings is 10. The Morgan fingerprint density at radius 2 is 0.767 bits per heavy atom. The third-order valence-electron chi connectivity index (χ3n) is 11.8. The molecule has 0 aliphatic rings. The molecule has 1 heterocycles. The maximum absolute atomic E-state index is 2.43. The molecule has 60 heavy (non-hydrogen) atoms. The van der Waals surface area contributed by atoms with Crippen molar-refractivity contribution in [3.8, 4) is 50.2 Å². The third kappa shape index (κ3) is 6.14. The highest BCUT2D eigenvalue weighted by Gasteiger charge is 2.21. The van der Waals surface area contributed by atoms with Crippen LogP contribution >= 0.6 is 0 Å². The zero-order valence-electron chi connectivity index (χ0n) is 33.0. The zero-order valence-corrected chi connectivity index (χ0v) is 33.0. The Morgan fingerprint density at radius 3 is 1.48 bits per heavy atom. The van der Waals surface area contributed by atoms with Gasteiger partial charge in [-0.25, -0.2) is 0 Å². The Kier molecular flexibility index (Phi) is 8.87. The van der Waals surface area contributed by atoms with Gasteiger partial charge in [0.25, 0.3) is 0 Å². The summed E-state index contributed by atoms with van der Waals surface area (Å²) in [5.74, 6) is 0. The summed E-state index contributed by atoms with van der Waals surface area (Å²) >= 11 is 0. The quantitative estimate of drug-likeness (QED) is 0.150. The second-order valence-corrected chi connectivity index (χ2v) is 15.3. The summed E-state index contributed by atoms with van der Waals surface area (Å²) in [6, 6.07) is 88.0. The second kappa shape index (κ2) is 15.1. The van der Waals surface area contributed by atoms with Gasteiger partial charge in [0.2, 0.25) is 0 Å². The van der Waals surface area contributed by atoms with E-state index in [9.17, 15) is 0 Å². The fourth-order valence-electron chi connectivity index (χ4n) is 9.13. The molecule has 0 radical (unpaired) electrons. The average molecular weight is 765 g/mol. The minimum atomic E-state index is 1.08. The van der Waals surface area contributed by atoms with Gasteiger partial charge in [-0.3, -0.25) is 0 Å². The van der Waals surface area contributed by atoms with Crippen molar-refractivity contribution >= 4 is 49.6 Å². The van der Waals surface area contributed by atoms with Crippen molar-refractivity contribution in [3.05, 3.63) is 243 Å². The molecule has 0 fully saturated rings. The van der Waals surface area contributed by atoms with Crippen molar-refractivity contribution in [2.45, 2.75) is 0 Å². The van der Waals surface area contributed by atoms with E-state index in [2.05, 4.69) is 252 Å². The Bertz CT molecular complexity index is 3270. The lowest BCUT2D eigenvalue weighted by atomic mass is 9.84. The molecule has 10 aromatic carbocycles. The molecule has 0 aliphatic carbocycles. The lowest BCUT2D eigenvalue weighted by Crippen LogP contribution is -2.11. The molecule has 0 spiro atoms. The number of rotatable bonds is 8. The molecule has 0 bridgehead atoms. The van der Waals surface area contributed by atoms with Crippen LogP contribution in [0.25, 0.3) is 82.8 Å². The first kappa shape index (κ1) is 35.2. The van der Waals surface area contributed by atoms with E-state index >= 15 is 0 Å². The van der Waals surface area contributed by atoms with Crippen molar-refractivity contribution < 1.29 is 0 Å². The van der Waals surface area contributed by atoms with Gasteiger partial charge in [0.1, 0.15) is 0 Å². The minimum Gasteiger partial charge on any atom is -0.310 e. The molecule has 0 amide bonds. The van der Waals surface area contributed by atoms with E-state index in [0.29, 0.717) is 0 Å². The minimum absolute atomic E-state index is 1.08. The van der Waals surface area contributed by atoms with Crippen molar-refractivity contribution in [1.29, 1.82) is 0 Å². The summed E-state index contributed by atoms with van der Waals surface area (Å²) in [6.45, 7) is 0. The predicted octanol–water partition coefficient (Wildman–Crippen LogP) is 16.1. The van der Waals surface area contributed by atoms with Gasteiger partial charge in [-0.1, -0.05) is 194 Å². The van der Waals surface area contributed by atoms with Crippen LogP contribution in [0.4, 0.5) is 17.1 Å². The maximum atomic E-state index is 2.43. The smallest absolute Gasteiger partial charge is 0.0541 e. The van der Waals surface area contributed by atoms with Crippen LogP contribution in [0, 0.1) is 0 Å². The zero-order chi connectivity index (χ0) is 39.8. The normalized spacial score (nSPS) is 11.3. The summed E-state index contributed by atoms with van der Waals surface area (Å²) < 4.78 is 2.40. The number of hydrogen-bond acceptors (Lipinski definition) is 1. The third-order valence-corrected chi connectivity index (χ3v) is 11.8. The Morgan fingerprint density at radius 1 is 0.300 bits per heavy atom.